The van der Waals surface area contributed by atoms with Gasteiger partial charge in [-0.2, -0.15) is 0 Å². The van der Waals surface area contributed by atoms with E-state index < -0.39 is 0 Å². The maximum atomic E-state index is 5.01. The van der Waals surface area contributed by atoms with Gasteiger partial charge < -0.3 is 5.32 Å². The van der Waals surface area contributed by atoms with Crippen LogP contribution in [0.1, 0.15) is 11.1 Å². The molecule has 0 aliphatic carbocycles. The Morgan fingerprint density at radius 3 is 2.40 bits per heavy atom. The van der Waals surface area contributed by atoms with Crippen LogP contribution in [0.5, 0.6) is 0 Å². The number of nitrogens with one attached hydrogen (secondary N) is 1. The molecule has 0 saturated carbocycles. The zero-order valence-electron chi connectivity index (χ0n) is 10.8. The van der Waals surface area contributed by atoms with Gasteiger partial charge in [-0.15, -0.1) is 0 Å². The van der Waals surface area contributed by atoms with Gasteiger partial charge >= 0.3 is 67.6 Å². The van der Waals surface area contributed by atoms with E-state index in [1.165, 1.54) is 16.8 Å². The molecule has 0 atom stereocenters. The first kappa shape index (κ1) is 13.5. The summed E-state index contributed by atoms with van der Waals surface area (Å²) in [4.78, 5) is 5.24. The van der Waals surface area contributed by atoms with Gasteiger partial charge in [0.2, 0.25) is 0 Å². The molecule has 2 nitrogen and oxygen atoms in total. The molecule has 0 spiro atoms. The van der Waals surface area contributed by atoms with E-state index in [0.29, 0.717) is 0 Å². The summed E-state index contributed by atoms with van der Waals surface area (Å²) in [5, 5.41) is 3.13. The number of fused-ring (bicyclic) bond motifs is 2. The van der Waals surface area contributed by atoms with Crippen molar-refractivity contribution in [3.05, 3.63) is 59.7 Å². The number of thiocarbonyl (C=S) groups is 1. The van der Waals surface area contributed by atoms with E-state index in [9.17, 15) is 0 Å². The van der Waals surface area contributed by atoms with Crippen molar-refractivity contribution in [3.8, 4) is 0 Å². The molecule has 0 unspecified atom stereocenters. The van der Waals surface area contributed by atoms with Gasteiger partial charge in [-0.3, -0.25) is 0 Å². The molecule has 0 aromatic heterocycles. The maximum absolute atomic E-state index is 5.01. The van der Waals surface area contributed by atoms with E-state index in [4.69, 9.17) is 12.2 Å². The van der Waals surface area contributed by atoms with Gasteiger partial charge in [0.15, 0.2) is 0 Å². The van der Waals surface area contributed by atoms with Crippen LogP contribution < -0.4 is 5.32 Å². The third kappa shape index (κ3) is 2.98. The first-order valence-electron chi connectivity index (χ1n) is 6.42. The fraction of sp³-hybridized carbons (Fsp3) is 0.125. The van der Waals surface area contributed by atoms with Crippen LogP contribution in [0.4, 0.5) is 11.4 Å². The Bertz CT molecular complexity index is 667. The van der Waals surface area contributed by atoms with Crippen LogP contribution in [0.2, 0.25) is 0 Å². The van der Waals surface area contributed by atoms with Crippen molar-refractivity contribution in [2.24, 2.45) is 4.99 Å². The Hall–Kier alpha value is -1.48. The molecule has 2 aromatic carbocycles. The van der Waals surface area contributed by atoms with Gasteiger partial charge in [-0.05, 0) is 11.6 Å². The molecule has 0 amide bonds. The fourth-order valence-corrected chi connectivity index (χ4v) is 3.07. The molecule has 0 bridgehead atoms. The average molecular weight is 344 g/mol. The SMILES string of the molecule is S=C1Cc2ccccc2N1.[Se]C1=Nc2ccccc2C1. The van der Waals surface area contributed by atoms with E-state index in [1.807, 2.05) is 30.3 Å². The van der Waals surface area contributed by atoms with Crippen LogP contribution in [0.3, 0.4) is 0 Å². The summed E-state index contributed by atoms with van der Waals surface area (Å²) in [5.41, 5.74) is 4.94. The Morgan fingerprint density at radius 2 is 1.65 bits per heavy atom. The predicted octanol–water partition coefficient (Wildman–Crippen LogP) is 3.42. The summed E-state index contributed by atoms with van der Waals surface area (Å²) in [7, 11) is 0. The molecule has 1 N–H and O–H groups in total. The fourth-order valence-electron chi connectivity index (χ4n) is 2.27. The van der Waals surface area contributed by atoms with E-state index in [2.05, 4.69) is 44.5 Å². The molecule has 1 radical (unpaired) electrons. The van der Waals surface area contributed by atoms with Crippen molar-refractivity contribution in [1.29, 1.82) is 0 Å². The Kier molecular flexibility index (Phi) is 3.97. The summed E-state index contributed by atoms with van der Waals surface area (Å²) in [5.74, 6) is 0. The normalized spacial score (nSPS) is 14.6. The van der Waals surface area contributed by atoms with E-state index in [-0.39, 0.29) is 0 Å². The van der Waals surface area contributed by atoms with Gasteiger partial charge in [-0.25, -0.2) is 0 Å². The Balaban J connectivity index is 0.000000121. The van der Waals surface area contributed by atoms with E-state index in [1.54, 1.807) is 0 Å². The molecular weight excluding hydrogens is 331 g/mol. The third-order valence-electron chi connectivity index (χ3n) is 3.22. The topological polar surface area (TPSA) is 24.4 Å². The number of anilines is 1. The minimum atomic E-state index is 0.908. The Labute approximate surface area is 132 Å². The molecule has 2 aliphatic rings. The van der Waals surface area contributed by atoms with Crippen molar-refractivity contribution in [2.75, 3.05) is 5.32 Å². The van der Waals surface area contributed by atoms with Crippen LogP contribution in [0.25, 0.3) is 0 Å². The molecule has 2 aromatic rings. The average Bonchev–Trinajstić information content (AvgIpc) is 2.99. The number of hydrogen-bond donors (Lipinski definition) is 1. The van der Waals surface area contributed by atoms with Crippen LogP contribution in [0.15, 0.2) is 53.5 Å². The van der Waals surface area contributed by atoms with Gasteiger partial charge in [0.25, 0.3) is 0 Å². The molecule has 20 heavy (non-hydrogen) atoms. The second-order valence-electron chi connectivity index (χ2n) is 4.69. The van der Waals surface area contributed by atoms with Gasteiger partial charge in [0, 0.05) is 12.1 Å². The van der Waals surface area contributed by atoms with Crippen LogP contribution in [-0.2, 0) is 12.8 Å². The number of rotatable bonds is 0. The standard InChI is InChI=1S/C8H7NS.C8H6NSe/c2*10-8-5-6-3-1-2-4-7(6)9-8/h1-4H,5H2,(H,9,10);1-4H,5H2. The monoisotopic (exact) mass is 345 g/mol. The molecule has 0 saturated heterocycles. The predicted molar refractivity (Wildman–Crippen MR) is 89.4 cm³/mol. The number of para-hydroxylation sites is 2. The second kappa shape index (κ2) is 5.88. The Morgan fingerprint density at radius 1 is 0.950 bits per heavy atom. The summed E-state index contributed by atoms with van der Waals surface area (Å²) in [6, 6.07) is 16.4. The first-order chi connectivity index (χ1) is 9.72. The molecule has 2 heterocycles. The van der Waals surface area contributed by atoms with E-state index in [0.717, 1.165) is 28.1 Å². The molecule has 4 heteroatoms. The quantitative estimate of drug-likeness (QED) is 0.585. The first-order valence-corrected chi connectivity index (χ1v) is 7.69. The van der Waals surface area contributed by atoms with Crippen LogP contribution in [-0.4, -0.2) is 25.6 Å². The minimum absolute atomic E-state index is 0.908. The summed E-state index contributed by atoms with van der Waals surface area (Å²) in [6.07, 6.45) is 1.89. The molecule has 0 fully saturated rings. The number of aliphatic imine (C=N–C) groups is 1. The van der Waals surface area contributed by atoms with Crippen molar-refractivity contribution < 1.29 is 0 Å². The second-order valence-corrected chi connectivity index (χ2v) is 6.17. The van der Waals surface area contributed by atoms with E-state index >= 15 is 0 Å². The summed E-state index contributed by atoms with van der Waals surface area (Å²) < 4.78 is 1.10. The van der Waals surface area contributed by atoms with Gasteiger partial charge in [0.1, 0.15) is 0 Å². The van der Waals surface area contributed by atoms with Crippen molar-refractivity contribution in [1.82, 2.24) is 0 Å². The molecule has 2 aliphatic heterocycles. The van der Waals surface area contributed by atoms with Crippen LogP contribution >= 0.6 is 12.2 Å². The van der Waals surface area contributed by atoms with Crippen molar-refractivity contribution in [2.45, 2.75) is 12.8 Å². The molecular formula is C16H13N2SSe. The van der Waals surface area contributed by atoms with Crippen LogP contribution in [0, 0.1) is 0 Å². The zero-order chi connectivity index (χ0) is 13.9. The molecule has 4 rings (SSSR count). The third-order valence-corrected chi connectivity index (χ3v) is 3.96. The van der Waals surface area contributed by atoms with Gasteiger partial charge in [0.05, 0.1) is 4.99 Å². The number of nitrogens with zero attached hydrogens (tertiary/aromatic N) is 1. The van der Waals surface area contributed by atoms with Gasteiger partial charge in [-0.1, -0.05) is 30.4 Å². The van der Waals surface area contributed by atoms with Crippen molar-refractivity contribution >= 4 is 49.2 Å². The summed E-state index contributed by atoms with van der Waals surface area (Å²) >= 11 is 7.95. The van der Waals surface area contributed by atoms with Crippen molar-refractivity contribution in [3.63, 3.8) is 0 Å². The zero-order valence-corrected chi connectivity index (χ0v) is 13.3. The summed E-state index contributed by atoms with van der Waals surface area (Å²) in [6.45, 7) is 0. The molecule has 99 valence electrons. The number of hydrogen-bond acceptors (Lipinski definition) is 2. The number of benzene rings is 2.